The van der Waals surface area contributed by atoms with Gasteiger partial charge in [-0.25, -0.2) is 0 Å². The van der Waals surface area contributed by atoms with E-state index in [9.17, 15) is 5.11 Å². The zero-order valence-corrected chi connectivity index (χ0v) is 12.3. The lowest BCUT2D eigenvalue weighted by molar-refractivity contribution is 0.191. The van der Waals surface area contributed by atoms with Gasteiger partial charge >= 0.3 is 0 Å². The van der Waals surface area contributed by atoms with Crippen LogP contribution in [0.5, 0.6) is 0 Å². The first-order valence-corrected chi connectivity index (χ1v) is 6.83. The van der Waals surface area contributed by atoms with Crippen LogP contribution in [0.4, 0.5) is 11.4 Å². The first-order valence-electron chi connectivity index (χ1n) is 6.83. The first-order chi connectivity index (χ1) is 9.58. The van der Waals surface area contributed by atoms with Gasteiger partial charge < -0.3 is 15.3 Å². The molecule has 0 heterocycles. The average Bonchev–Trinajstić information content (AvgIpc) is 2.46. The standard InChI is InChI=1S/C17H22N2O/c1-13-9-10-15(11-16(13)19(2)3)18-12-17(20)14-7-5-4-6-8-14/h4-11,17-18,20H,12H2,1-3H3. The number of benzene rings is 2. The number of aliphatic hydroxyl groups is 1. The van der Waals surface area contributed by atoms with Crippen molar-refractivity contribution in [3.8, 4) is 0 Å². The second kappa shape index (κ2) is 6.44. The molecule has 2 N–H and O–H groups in total. The second-order valence-corrected chi connectivity index (χ2v) is 5.20. The summed E-state index contributed by atoms with van der Waals surface area (Å²) in [5.74, 6) is 0. The molecule has 0 saturated carbocycles. The van der Waals surface area contributed by atoms with E-state index in [1.807, 2.05) is 50.5 Å². The molecule has 0 aromatic heterocycles. The van der Waals surface area contributed by atoms with Crippen LogP contribution in [0, 0.1) is 6.92 Å². The molecule has 0 aliphatic carbocycles. The lowest BCUT2D eigenvalue weighted by atomic mass is 10.1. The summed E-state index contributed by atoms with van der Waals surface area (Å²) in [7, 11) is 4.07. The van der Waals surface area contributed by atoms with Gasteiger partial charge in [0.05, 0.1) is 6.10 Å². The third-order valence-electron chi connectivity index (χ3n) is 3.37. The van der Waals surface area contributed by atoms with Gasteiger partial charge in [-0.2, -0.15) is 0 Å². The Bertz CT molecular complexity index is 552. The maximum absolute atomic E-state index is 10.1. The topological polar surface area (TPSA) is 35.5 Å². The Kier molecular flexibility index (Phi) is 4.64. The van der Waals surface area contributed by atoms with Gasteiger partial charge in [-0.3, -0.25) is 0 Å². The smallest absolute Gasteiger partial charge is 0.0962 e. The highest BCUT2D eigenvalue weighted by molar-refractivity contribution is 5.61. The van der Waals surface area contributed by atoms with Crippen LogP contribution in [0.2, 0.25) is 0 Å². The summed E-state index contributed by atoms with van der Waals surface area (Å²) in [6.45, 7) is 2.60. The minimum absolute atomic E-state index is 0.500. The molecule has 3 nitrogen and oxygen atoms in total. The first kappa shape index (κ1) is 14.4. The van der Waals surface area contributed by atoms with Crippen molar-refractivity contribution in [1.82, 2.24) is 0 Å². The van der Waals surface area contributed by atoms with Crippen LogP contribution in [-0.4, -0.2) is 25.7 Å². The molecule has 0 radical (unpaired) electrons. The lowest BCUT2D eigenvalue weighted by Crippen LogP contribution is -2.14. The third kappa shape index (κ3) is 3.52. The van der Waals surface area contributed by atoms with Gasteiger partial charge in [-0.05, 0) is 30.2 Å². The summed E-state index contributed by atoms with van der Waals surface area (Å²) in [5.41, 5.74) is 4.38. The molecule has 0 amide bonds. The number of hydrogen-bond acceptors (Lipinski definition) is 3. The number of aryl methyl sites for hydroxylation is 1. The zero-order valence-electron chi connectivity index (χ0n) is 12.3. The van der Waals surface area contributed by atoms with E-state index in [2.05, 4.69) is 29.3 Å². The normalized spacial score (nSPS) is 12.0. The summed E-state index contributed by atoms with van der Waals surface area (Å²) >= 11 is 0. The molecule has 0 saturated heterocycles. The van der Waals surface area contributed by atoms with E-state index < -0.39 is 6.10 Å². The minimum Gasteiger partial charge on any atom is -0.387 e. The molecule has 20 heavy (non-hydrogen) atoms. The van der Waals surface area contributed by atoms with E-state index in [1.54, 1.807) is 0 Å². The molecule has 0 fully saturated rings. The Hall–Kier alpha value is -2.00. The van der Waals surface area contributed by atoms with E-state index in [-0.39, 0.29) is 0 Å². The van der Waals surface area contributed by atoms with Gasteiger partial charge in [0.1, 0.15) is 0 Å². The van der Waals surface area contributed by atoms with Crippen molar-refractivity contribution >= 4 is 11.4 Å². The van der Waals surface area contributed by atoms with Crippen molar-refractivity contribution < 1.29 is 5.11 Å². The van der Waals surface area contributed by atoms with Crippen LogP contribution in [0.1, 0.15) is 17.2 Å². The maximum atomic E-state index is 10.1. The molecule has 2 rings (SSSR count). The highest BCUT2D eigenvalue weighted by Crippen LogP contribution is 2.23. The fourth-order valence-corrected chi connectivity index (χ4v) is 2.21. The van der Waals surface area contributed by atoms with E-state index in [0.717, 1.165) is 11.3 Å². The molecule has 0 spiro atoms. The van der Waals surface area contributed by atoms with Crippen LogP contribution in [-0.2, 0) is 0 Å². The van der Waals surface area contributed by atoms with Gasteiger partial charge in [0.25, 0.3) is 0 Å². The van der Waals surface area contributed by atoms with Crippen molar-refractivity contribution in [2.24, 2.45) is 0 Å². The number of rotatable bonds is 5. The average molecular weight is 270 g/mol. The molecule has 2 aromatic carbocycles. The predicted molar refractivity (Wildman–Crippen MR) is 85.4 cm³/mol. The van der Waals surface area contributed by atoms with Crippen molar-refractivity contribution in [3.63, 3.8) is 0 Å². The third-order valence-corrected chi connectivity index (χ3v) is 3.37. The molecule has 1 unspecified atom stereocenters. The molecule has 0 aliphatic rings. The number of hydrogen-bond donors (Lipinski definition) is 2. The maximum Gasteiger partial charge on any atom is 0.0962 e. The van der Waals surface area contributed by atoms with Crippen LogP contribution in [0.3, 0.4) is 0 Å². The lowest BCUT2D eigenvalue weighted by Gasteiger charge is -2.18. The fraction of sp³-hybridized carbons (Fsp3) is 0.294. The minimum atomic E-state index is -0.500. The highest BCUT2D eigenvalue weighted by atomic mass is 16.3. The number of anilines is 2. The van der Waals surface area contributed by atoms with Gasteiger partial charge in [0.15, 0.2) is 0 Å². The number of nitrogens with zero attached hydrogens (tertiary/aromatic N) is 1. The van der Waals surface area contributed by atoms with Gasteiger partial charge in [0.2, 0.25) is 0 Å². The summed E-state index contributed by atoms with van der Waals surface area (Å²) in [4.78, 5) is 2.09. The molecule has 3 heteroatoms. The highest BCUT2D eigenvalue weighted by Gasteiger charge is 2.07. The van der Waals surface area contributed by atoms with Gasteiger partial charge in [-0.1, -0.05) is 36.4 Å². The molecular weight excluding hydrogens is 248 g/mol. The van der Waals surface area contributed by atoms with Gasteiger partial charge in [0, 0.05) is 32.0 Å². The number of aliphatic hydroxyl groups excluding tert-OH is 1. The molecule has 1 atom stereocenters. The summed E-state index contributed by atoms with van der Waals surface area (Å²) in [6.07, 6.45) is -0.500. The van der Waals surface area contributed by atoms with E-state index in [1.165, 1.54) is 11.3 Å². The monoisotopic (exact) mass is 270 g/mol. The molecule has 2 aromatic rings. The van der Waals surface area contributed by atoms with Crippen LogP contribution < -0.4 is 10.2 Å². The van der Waals surface area contributed by atoms with Crippen molar-refractivity contribution in [2.75, 3.05) is 30.9 Å². The zero-order chi connectivity index (χ0) is 14.5. The molecule has 106 valence electrons. The quantitative estimate of drug-likeness (QED) is 0.875. The predicted octanol–water partition coefficient (Wildman–Crippen LogP) is 3.21. The van der Waals surface area contributed by atoms with Crippen molar-refractivity contribution in [2.45, 2.75) is 13.0 Å². The Balaban J connectivity index is 2.02. The largest absolute Gasteiger partial charge is 0.387 e. The summed E-state index contributed by atoms with van der Waals surface area (Å²) in [6, 6.07) is 15.9. The van der Waals surface area contributed by atoms with Crippen molar-refractivity contribution in [1.29, 1.82) is 0 Å². The van der Waals surface area contributed by atoms with Crippen LogP contribution in [0.25, 0.3) is 0 Å². The van der Waals surface area contributed by atoms with Crippen LogP contribution >= 0.6 is 0 Å². The Morgan fingerprint density at radius 1 is 1.10 bits per heavy atom. The Labute approximate surface area is 120 Å². The van der Waals surface area contributed by atoms with E-state index in [4.69, 9.17) is 0 Å². The Morgan fingerprint density at radius 3 is 2.45 bits per heavy atom. The molecule has 0 aliphatic heterocycles. The van der Waals surface area contributed by atoms with Gasteiger partial charge in [-0.15, -0.1) is 0 Å². The second-order valence-electron chi connectivity index (χ2n) is 5.20. The van der Waals surface area contributed by atoms with E-state index >= 15 is 0 Å². The van der Waals surface area contributed by atoms with Crippen molar-refractivity contribution in [3.05, 3.63) is 59.7 Å². The van der Waals surface area contributed by atoms with Crippen LogP contribution in [0.15, 0.2) is 48.5 Å². The van der Waals surface area contributed by atoms with E-state index in [0.29, 0.717) is 6.54 Å². The summed E-state index contributed by atoms with van der Waals surface area (Å²) < 4.78 is 0. The fourth-order valence-electron chi connectivity index (χ4n) is 2.21. The Morgan fingerprint density at radius 2 is 1.80 bits per heavy atom. The summed E-state index contributed by atoms with van der Waals surface area (Å²) in [5, 5.41) is 13.4. The molecule has 0 bridgehead atoms. The number of nitrogens with one attached hydrogen (secondary N) is 1. The SMILES string of the molecule is Cc1ccc(NCC(O)c2ccccc2)cc1N(C)C. The molecular formula is C17H22N2O.